The molecule has 0 aromatic carbocycles. The first-order valence-corrected chi connectivity index (χ1v) is 6.51. The van der Waals surface area contributed by atoms with E-state index in [0.29, 0.717) is 5.56 Å². The van der Waals surface area contributed by atoms with Crippen LogP contribution in [0.15, 0.2) is 18.3 Å². The van der Waals surface area contributed by atoms with Crippen molar-refractivity contribution in [2.45, 2.75) is 45.3 Å². The molecular formula is C14H20N2O2. The number of rotatable bonds is 2. The van der Waals surface area contributed by atoms with Crippen LogP contribution < -0.4 is 0 Å². The predicted octanol–water partition coefficient (Wildman–Crippen LogP) is 1.77. The molecule has 1 aromatic rings. The second kappa shape index (κ2) is 5.48. The average molecular weight is 248 g/mol. The lowest BCUT2D eigenvalue weighted by molar-refractivity contribution is 0.0280. The number of pyridine rings is 1. The van der Waals surface area contributed by atoms with Gasteiger partial charge in [0.1, 0.15) is 0 Å². The summed E-state index contributed by atoms with van der Waals surface area (Å²) in [4.78, 5) is 18.3. The molecule has 1 fully saturated rings. The van der Waals surface area contributed by atoms with Gasteiger partial charge in [0, 0.05) is 18.4 Å². The van der Waals surface area contributed by atoms with E-state index in [0.717, 1.165) is 31.5 Å². The Balaban J connectivity index is 2.18. The number of aliphatic hydroxyl groups excluding tert-OH is 1. The minimum atomic E-state index is -0.479. The van der Waals surface area contributed by atoms with Crippen LogP contribution in [0.4, 0.5) is 0 Å². The quantitative estimate of drug-likeness (QED) is 0.867. The molecule has 4 heteroatoms. The Kier molecular flexibility index (Phi) is 3.97. The molecule has 0 spiro atoms. The molecule has 0 bridgehead atoms. The molecule has 1 N–H and O–H groups in total. The minimum absolute atomic E-state index is 0.0203. The van der Waals surface area contributed by atoms with E-state index in [1.807, 2.05) is 13.0 Å². The third kappa shape index (κ3) is 2.70. The molecule has 0 aliphatic carbocycles. The molecular weight excluding hydrogens is 228 g/mol. The number of piperidine rings is 1. The van der Waals surface area contributed by atoms with Crippen molar-refractivity contribution < 1.29 is 9.90 Å². The van der Waals surface area contributed by atoms with E-state index < -0.39 is 6.10 Å². The van der Waals surface area contributed by atoms with Crippen molar-refractivity contribution in [3.63, 3.8) is 0 Å². The Morgan fingerprint density at radius 3 is 2.89 bits per heavy atom. The van der Waals surface area contributed by atoms with Gasteiger partial charge >= 0.3 is 0 Å². The number of amides is 1. The fourth-order valence-electron chi connectivity index (χ4n) is 2.47. The summed E-state index contributed by atoms with van der Waals surface area (Å²) in [6.45, 7) is 4.37. The summed E-state index contributed by atoms with van der Waals surface area (Å²) in [5.74, 6) is -0.0203. The highest BCUT2D eigenvalue weighted by Crippen LogP contribution is 2.21. The van der Waals surface area contributed by atoms with Crippen LogP contribution >= 0.6 is 0 Å². The summed E-state index contributed by atoms with van der Waals surface area (Å²) in [5.41, 5.74) is 1.51. The van der Waals surface area contributed by atoms with E-state index in [4.69, 9.17) is 0 Å². The lowest BCUT2D eigenvalue weighted by atomic mass is 9.97. The summed E-state index contributed by atoms with van der Waals surface area (Å²) in [5, 5.41) is 9.78. The van der Waals surface area contributed by atoms with Gasteiger partial charge in [0.25, 0.3) is 5.91 Å². The van der Waals surface area contributed by atoms with Crippen molar-refractivity contribution in [1.82, 2.24) is 9.88 Å². The molecule has 1 aliphatic rings. The Morgan fingerprint density at radius 2 is 2.28 bits per heavy atom. The molecule has 1 saturated heterocycles. The second-order valence-corrected chi connectivity index (χ2v) is 4.99. The van der Waals surface area contributed by atoms with E-state index >= 15 is 0 Å². The Labute approximate surface area is 108 Å². The zero-order chi connectivity index (χ0) is 13.1. The first-order valence-electron chi connectivity index (χ1n) is 6.51. The molecule has 4 nitrogen and oxygen atoms in total. The van der Waals surface area contributed by atoms with Gasteiger partial charge in [-0.05, 0) is 45.2 Å². The molecule has 2 unspecified atom stereocenters. The highest BCUT2D eigenvalue weighted by molar-refractivity contribution is 5.94. The smallest absolute Gasteiger partial charge is 0.255 e. The number of aromatic nitrogens is 1. The maximum absolute atomic E-state index is 12.4. The molecule has 0 radical (unpaired) electrons. The van der Waals surface area contributed by atoms with Gasteiger partial charge in [0.2, 0.25) is 0 Å². The van der Waals surface area contributed by atoms with Crippen LogP contribution in [-0.2, 0) is 0 Å². The average Bonchev–Trinajstić information content (AvgIpc) is 2.39. The zero-order valence-electron chi connectivity index (χ0n) is 11.0. The number of carbonyl (C=O) groups is 1. The highest BCUT2D eigenvalue weighted by Gasteiger charge is 2.30. The molecule has 0 saturated carbocycles. The van der Waals surface area contributed by atoms with Crippen molar-refractivity contribution >= 4 is 5.91 Å². The van der Waals surface area contributed by atoms with Crippen molar-refractivity contribution in [3.05, 3.63) is 29.6 Å². The monoisotopic (exact) mass is 248 g/mol. The van der Waals surface area contributed by atoms with Crippen LogP contribution in [0.2, 0.25) is 0 Å². The van der Waals surface area contributed by atoms with Gasteiger partial charge in [0.15, 0.2) is 0 Å². The van der Waals surface area contributed by atoms with Gasteiger partial charge < -0.3 is 10.0 Å². The number of aliphatic hydroxyl groups is 1. The molecule has 2 atom stereocenters. The third-order valence-electron chi connectivity index (χ3n) is 3.53. The molecule has 2 rings (SSSR count). The van der Waals surface area contributed by atoms with Crippen molar-refractivity contribution in [1.29, 1.82) is 0 Å². The van der Waals surface area contributed by atoms with Crippen molar-refractivity contribution in [2.24, 2.45) is 0 Å². The lowest BCUT2D eigenvalue weighted by Gasteiger charge is -2.37. The van der Waals surface area contributed by atoms with Crippen LogP contribution in [0, 0.1) is 6.92 Å². The van der Waals surface area contributed by atoms with E-state index in [1.54, 1.807) is 24.1 Å². The van der Waals surface area contributed by atoms with E-state index in [9.17, 15) is 9.90 Å². The van der Waals surface area contributed by atoms with Gasteiger partial charge in [-0.15, -0.1) is 0 Å². The molecule has 18 heavy (non-hydrogen) atoms. The number of likely N-dealkylation sites (tertiary alicyclic amines) is 1. The number of aryl methyl sites for hydroxylation is 1. The van der Waals surface area contributed by atoms with E-state index in [-0.39, 0.29) is 11.9 Å². The number of hydrogen-bond acceptors (Lipinski definition) is 3. The maximum atomic E-state index is 12.4. The summed E-state index contributed by atoms with van der Waals surface area (Å²) in [6, 6.07) is 3.58. The van der Waals surface area contributed by atoms with Gasteiger partial charge in [-0.1, -0.05) is 0 Å². The van der Waals surface area contributed by atoms with Gasteiger partial charge in [0.05, 0.1) is 17.7 Å². The first-order chi connectivity index (χ1) is 8.59. The summed E-state index contributed by atoms with van der Waals surface area (Å²) >= 11 is 0. The lowest BCUT2D eigenvalue weighted by Crippen LogP contribution is -2.48. The number of carbonyl (C=O) groups excluding carboxylic acids is 1. The number of hydrogen-bond donors (Lipinski definition) is 1. The standard InChI is InChI=1S/C14H20N2O2/c1-10-6-7-12(9-15-10)14(18)16-8-4-3-5-13(16)11(2)17/h6-7,9,11,13,17H,3-5,8H2,1-2H3. The summed E-state index contributed by atoms with van der Waals surface area (Å²) < 4.78 is 0. The van der Waals surface area contributed by atoms with Gasteiger partial charge in [-0.3, -0.25) is 9.78 Å². The summed E-state index contributed by atoms with van der Waals surface area (Å²) in [6.07, 6.45) is 4.10. The SMILES string of the molecule is Cc1ccc(C(=O)N2CCCCC2C(C)O)cn1. The Bertz CT molecular complexity index is 414. The van der Waals surface area contributed by atoms with Crippen LogP contribution in [0.5, 0.6) is 0 Å². The zero-order valence-corrected chi connectivity index (χ0v) is 11.0. The van der Waals surface area contributed by atoms with Crippen LogP contribution in [0.3, 0.4) is 0 Å². The predicted molar refractivity (Wildman–Crippen MR) is 69.3 cm³/mol. The fraction of sp³-hybridized carbons (Fsp3) is 0.571. The molecule has 98 valence electrons. The Morgan fingerprint density at radius 1 is 1.50 bits per heavy atom. The first kappa shape index (κ1) is 13.0. The van der Waals surface area contributed by atoms with Crippen LogP contribution in [0.1, 0.15) is 42.2 Å². The number of nitrogens with zero attached hydrogens (tertiary/aromatic N) is 2. The molecule has 1 aliphatic heterocycles. The largest absolute Gasteiger partial charge is 0.391 e. The van der Waals surface area contributed by atoms with E-state index in [1.165, 1.54) is 0 Å². The molecule has 1 amide bonds. The highest BCUT2D eigenvalue weighted by atomic mass is 16.3. The maximum Gasteiger partial charge on any atom is 0.255 e. The Hall–Kier alpha value is -1.42. The topological polar surface area (TPSA) is 53.4 Å². The van der Waals surface area contributed by atoms with Crippen molar-refractivity contribution in [3.8, 4) is 0 Å². The van der Waals surface area contributed by atoms with Crippen molar-refractivity contribution in [2.75, 3.05) is 6.54 Å². The second-order valence-electron chi connectivity index (χ2n) is 4.99. The fourth-order valence-corrected chi connectivity index (χ4v) is 2.47. The summed E-state index contributed by atoms with van der Waals surface area (Å²) in [7, 11) is 0. The molecule has 1 aromatic heterocycles. The normalized spacial score (nSPS) is 21.7. The van der Waals surface area contributed by atoms with Gasteiger partial charge in [-0.2, -0.15) is 0 Å². The minimum Gasteiger partial charge on any atom is -0.391 e. The van der Waals surface area contributed by atoms with E-state index in [2.05, 4.69) is 4.98 Å². The van der Waals surface area contributed by atoms with Gasteiger partial charge in [-0.25, -0.2) is 0 Å². The van der Waals surface area contributed by atoms with Crippen LogP contribution in [-0.4, -0.2) is 39.6 Å². The molecule has 2 heterocycles. The third-order valence-corrected chi connectivity index (χ3v) is 3.53. The van der Waals surface area contributed by atoms with Crippen LogP contribution in [0.25, 0.3) is 0 Å².